The number of pyridine rings is 2. The molecule has 14 heteroatoms. The molecule has 0 saturated carbocycles. The van der Waals surface area contributed by atoms with Gasteiger partial charge in [-0.2, -0.15) is 8.78 Å². The Balaban J connectivity index is 1.42. The van der Waals surface area contributed by atoms with Crippen molar-refractivity contribution in [3.8, 4) is 11.5 Å². The van der Waals surface area contributed by atoms with Gasteiger partial charge < -0.3 is 4.42 Å². The van der Waals surface area contributed by atoms with E-state index in [-0.39, 0.29) is 24.2 Å². The zero-order chi connectivity index (χ0) is 24.7. The van der Waals surface area contributed by atoms with Crippen molar-refractivity contribution in [2.24, 2.45) is 0 Å². The van der Waals surface area contributed by atoms with Gasteiger partial charge in [-0.15, -0.1) is 10.2 Å². The van der Waals surface area contributed by atoms with Crippen molar-refractivity contribution < 1.29 is 21.6 Å². The van der Waals surface area contributed by atoms with Crippen LogP contribution in [0.4, 0.5) is 8.78 Å². The number of imidazole rings is 1. The van der Waals surface area contributed by atoms with Crippen molar-refractivity contribution in [3.05, 3.63) is 58.7 Å². The van der Waals surface area contributed by atoms with Gasteiger partial charge in [0.2, 0.25) is 15.9 Å². The number of rotatable bonds is 6. The van der Waals surface area contributed by atoms with E-state index >= 15 is 0 Å². The Kier molecular flexibility index (Phi) is 5.92. The first-order valence-electron chi connectivity index (χ1n) is 10.8. The summed E-state index contributed by atoms with van der Waals surface area (Å²) < 4.78 is 58.7. The van der Waals surface area contributed by atoms with Gasteiger partial charge in [0.25, 0.3) is 5.89 Å². The van der Waals surface area contributed by atoms with Crippen LogP contribution in [0, 0.1) is 0 Å². The van der Waals surface area contributed by atoms with Crippen molar-refractivity contribution in [1.82, 2.24) is 33.6 Å². The number of fused-ring (bicyclic) bond motifs is 1. The molecule has 0 bridgehead atoms. The predicted octanol–water partition coefficient (Wildman–Crippen LogP) is 2.23. The van der Waals surface area contributed by atoms with Gasteiger partial charge in [0.05, 0.1) is 29.6 Å². The molecule has 4 aromatic heterocycles. The van der Waals surface area contributed by atoms with Crippen molar-refractivity contribution >= 4 is 21.2 Å². The third-order valence-electron chi connectivity index (χ3n) is 5.99. The van der Waals surface area contributed by atoms with Crippen molar-refractivity contribution in [2.75, 3.05) is 19.3 Å². The lowest BCUT2D eigenvalue weighted by Gasteiger charge is -2.30. The van der Waals surface area contributed by atoms with E-state index < -0.39 is 22.3 Å². The molecule has 1 saturated heterocycles. The van der Waals surface area contributed by atoms with Crippen molar-refractivity contribution in [2.45, 2.75) is 31.9 Å². The Bertz CT molecular complexity index is 1520. The maximum absolute atomic E-state index is 13.4. The van der Waals surface area contributed by atoms with Crippen LogP contribution in [-0.2, 0) is 16.6 Å². The second kappa shape index (κ2) is 8.92. The molecule has 1 aliphatic rings. The average molecular weight is 506 g/mol. The Morgan fingerprint density at radius 2 is 1.91 bits per heavy atom. The summed E-state index contributed by atoms with van der Waals surface area (Å²) in [5, 5.41) is 6.91. The maximum Gasteiger partial charge on any atom is 0.330 e. The first kappa shape index (κ1) is 23.2. The highest BCUT2D eigenvalue weighted by Gasteiger charge is 2.29. The lowest BCUT2D eigenvalue weighted by atomic mass is 10.1. The molecule has 5 heterocycles. The molecule has 1 aliphatic heterocycles. The van der Waals surface area contributed by atoms with E-state index in [1.54, 1.807) is 29.0 Å². The molecular formula is C21H21F2N7O4S. The first-order valence-corrected chi connectivity index (χ1v) is 12.6. The lowest BCUT2D eigenvalue weighted by molar-refractivity contribution is 0.116. The van der Waals surface area contributed by atoms with Gasteiger partial charge in [0, 0.05) is 31.5 Å². The minimum Gasteiger partial charge on any atom is -0.415 e. The largest absolute Gasteiger partial charge is 0.415 e. The summed E-state index contributed by atoms with van der Waals surface area (Å²) in [5.74, 6) is -0.841. The van der Waals surface area contributed by atoms with Gasteiger partial charge in [-0.1, -0.05) is 0 Å². The van der Waals surface area contributed by atoms with E-state index in [1.165, 1.54) is 21.3 Å². The fourth-order valence-corrected chi connectivity index (χ4v) is 5.16. The number of nitrogens with zero attached hydrogens (tertiary/aromatic N) is 7. The van der Waals surface area contributed by atoms with E-state index in [9.17, 15) is 22.0 Å². The molecule has 184 valence electrons. The minimum absolute atomic E-state index is 0.0739. The standard InChI is InChI=1S/C21H21F2N7O4S/c1-35(32,33)28-9-6-15(7-10-28)30-16-3-2-8-24-18(16)29(21(30)31)12-14-5-4-13(11-25-14)19-26-27-20(34-19)17(22)23/h2-5,8,11,15,17H,6-7,9-10,12H2,1H3. The molecule has 4 aromatic rings. The topological polar surface area (TPSA) is 129 Å². The molecule has 1 fully saturated rings. The molecule has 0 N–H and O–H groups in total. The second-order valence-corrected chi connectivity index (χ2v) is 10.2. The number of halogens is 2. The molecule has 5 rings (SSSR count). The summed E-state index contributed by atoms with van der Waals surface area (Å²) in [4.78, 5) is 22.2. The number of alkyl halides is 2. The fraction of sp³-hybridized carbons (Fsp3) is 0.381. The van der Waals surface area contributed by atoms with Crippen molar-refractivity contribution in [1.29, 1.82) is 0 Å². The quantitative estimate of drug-likeness (QED) is 0.390. The van der Waals surface area contributed by atoms with Crippen molar-refractivity contribution in [3.63, 3.8) is 0 Å². The van der Waals surface area contributed by atoms with E-state index in [1.807, 2.05) is 6.07 Å². The molecule has 11 nitrogen and oxygen atoms in total. The SMILES string of the molecule is CS(=O)(=O)N1CCC(n2c(=O)n(Cc3ccc(-c4nnc(C(F)F)o4)cn3)c3ncccc32)CC1. The highest BCUT2D eigenvalue weighted by molar-refractivity contribution is 7.88. The number of aromatic nitrogens is 6. The maximum atomic E-state index is 13.4. The summed E-state index contributed by atoms with van der Waals surface area (Å²) >= 11 is 0. The molecule has 0 unspecified atom stereocenters. The molecule has 0 atom stereocenters. The molecular weight excluding hydrogens is 484 g/mol. The van der Waals surface area contributed by atoms with Gasteiger partial charge >= 0.3 is 12.1 Å². The summed E-state index contributed by atoms with van der Waals surface area (Å²) in [6.07, 6.45) is 2.36. The van der Waals surface area contributed by atoms with Crippen LogP contribution in [0.3, 0.4) is 0 Å². The third-order valence-corrected chi connectivity index (χ3v) is 7.30. The lowest BCUT2D eigenvalue weighted by Crippen LogP contribution is -2.40. The van der Waals surface area contributed by atoms with E-state index in [2.05, 4.69) is 20.2 Å². The van der Waals surface area contributed by atoms with Gasteiger partial charge in [0.1, 0.15) is 0 Å². The highest BCUT2D eigenvalue weighted by atomic mass is 32.2. The number of piperidine rings is 1. The van der Waals surface area contributed by atoms with Gasteiger partial charge in [0.15, 0.2) is 5.65 Å². The predicted molar refractivity (Wildman–Crippen MR) is 120 cm³/mol. The van der Waals surface area contributed by atoms with Crippen LogP contribution in [0.1, 0.15) is 36.9 Å². The Morgan fingerprint density at radius 3 is 2.54 bits per heavy atom. The van der Waals surface area contributed by atoms with E-state index in [4.69, 9.17) is 4.42 Å². The summed E-state index contributed by atoms with van der Waals surface area (Å²) in [7, 11) is -3.28. The second-order valence-electron chi connectivity index (χ2n) is 8.26. The Labute approximate surface area is 198 Å². The average Bonchev–Trinajstić information content (AvgIpc) is 3.43. The van der Waals surface area contributed by atoms with Crippen LogP contribution in [0.5, 0.6) is 0 Å². The van der Waals surface area contributed by atoms with Gasteiger partial charge in [-0.3, -0.25) is 14.1 Å². The molecule has 0 amide bonds. The highest BCUT2D eigenvalue weighted by Crippen LogP contribution is 2.27. The first-order chi connectivity index (χ1) is 16.7. The Hall–Kier alpha value is -3.52. The summed E-state index contributed by atoms with van der Waals surface area (Å²) in [5.41, 5.74) is 1.81. The molecule has 0 aromatic carbocycles. The van der Waals surface area contributed by atoms with Gasteiger partial charge in [-0.25, -0.2) is 22.5 Å². The fourth-order valence-electron chi connectivity index (χ4n) is 4.28. The van der Waals surface area contributed by atoms with Crippen LogP contribution in [0.25, 0.3) is 22.6 Å². The third kappa shape index (κ3) is 4.46. The molecule has 0 spiro atoms. The smallest absolute Gasteiger partial charge is 0.330 e. The number of sulfonamides is 1. The number of hydrogen-bond acceptors (Lipinski definition) is 8. The molecule has 0 radical (unpaired) electrons. The van der Waals surface area contributed by atoms with E-state index in [0.717, 1.165) is 0 Å². The number of hydrogen-bond donors (Lipinski definition) is 0. The Morgan fingerprint density at radius 1 is 1.14 bits per heavy atom. The van der Waals surface area contributed by atoms with Gasteiger partial charge in [-0.05, 0) is 37.1 Å². The summed E-state index contributed by atoms with van der Waals surface area (Å²) in [6.45, 7) is 0.817. The van der Waals surface area contributed by atoms with Crippen LogP contribution >= 0.6 is 0 Å². The summed E-state index contributed by atoms with van der Waals surface area (Å²) in [6, 6.07) is 6.65. The molecule has 0 aliphatic carbocycles. The monoisotopic (exact) mass is 505 g/mol. The van der Waals surface area contributed by atoms with Crippen LogP contribution in [0.15, 0.2) is 45.9 Å². The van der Waals surface area contributed by atoms with Crippen LogP contribution in [0.2, 0.25) is 0 Å². The van der Waals surface area contributed by atoms with E-state index in [0.29, 0.717) is 48.4 Å². The molecule has 35 heavy (non-hydrogen) atoms. The van der Waals surface area contributed by atoms with Crippen LogP contribution < -0.4 is 5.69 Å². The zero-order valence-corrected chi connectivity index (χ0v) is 19.4. The zero-order valence-electron chi connectivity index (χ0n) is 18.6. The van der Waals surface area contributed by atoms with Crippen LogP contribution in [-0.4, -0.2) is 61.4 Å². The normalized spacial score (nSPS) is 15.9. The minimum atomic E-state index is -3.28.